The highest BCUT2D eigenvalue weighted by Crippen LogP contribution is 2.45. The number of halogens is 1. The highest BCUT2D eigenvalue weighted by molar-refractivity contribution is 9.11. The maximum absolute atomic E-state index is 3.77. The van der Waals surface area contributed by atoms with Crippen LogP contribution in [-0.4, -0.2) is 12.6 Å². The van der Waals surface area contributed by atoms with Crippen LogP contribution in [0.2, 0.25) is 0 Å². The summed E-state index contributed by atoms with van der Waals surface area (Å²) in [5.74, 6) is 0. The van der Waals surface area contributed by atoms with Gasteiger partial charge in [0, 0.05) is 10.9 Å². The SMILES string of the molecule is CCNC(Cc1ccc(Br)s1)C1(CC)CCCC1. The molecule has 0 aliphatic heterocycles. The molecule has 1 aliphatic rings. The van der Waals surface area contributed by atoms with Gasteiger partial charge in [-0.1, -0.05) is 26.7 Å². The normalized spacial score (nSPS) is 20.2. The van der Waals surface area contributed by atoms with Crippen molar-refractivity contribution in [1.82, 2.24) is 5.32 Å². The Hall–Kier alpha value is 0.140. The van der Waals surface area contributed by atoms with Gasteiger partial charge in [-0.3, -0.25) is 0 Å². The molecule has 1 saturated carbocycles. The van der Waals surface area contributed by atoms with E-state index in [9.17, 15) is 0 Å². The molecule has 0 spiro atoms. The first kappa shape index (κ1) is 14.5. The standard InChI is InChI=1S/C15H24BrNS/c1-3-15(9-5-6-10-15)13(17-4-2)11-12-7-8-14(16)18-12/h7-8,13,17H,3-6,9-11H2,1-2H3. The van der Waals surface area contributed by atoms with Crippen molar-refractivity contribution in [3.05, 3.63) is 20.8 Å². The molecule has 1 fully saturated rings. The second-order valence-electron chi connectivity index (χ2n) is 5.44. The third-order valence-corrected chi connectivity index (χ3v) is 6.17. The maximum Gasteiger partial charge on any atom is 0.0701 e. The average molecular weight is 330 g/mol. The van der Waals surface area contributed by atoms with E-state index in [-0.39, 0.29) is 0 Å². The van der Waals surface area contributed by atoms with Crippen LogP contribution >= 0.6 is 27.3 Å². The van der Waals surface area contributed by atoms with Gasteiger partial charge in [0.2, 0.25) is 0 Å². The van der Waals surface area contributed by atoms with E-state index in [4.69, 9.17) is 0 Å². The lowest BCUT2D eigenvalue weighted by atomic mass is 9.74. The largest absolute Gasteiger partial charge is 0.313 e. The minimum atomic E-state index is 0.548. The van der Waals surface area contributed by atoms with Crippen LogP contribution in [0.1, 0.15) is 50.8 Å². The van der Waals surface area contributed by atoms with E-state index in [2.05, 4.69) is 47.2 Å². The summed E-state index contributed by atoms with van der Waals surface area (Å²) in [6, 6.07) is 5.11. The first-order valence-electron chi connectivity index (χ1n) is 7.18. The lowest BCUT2D eigenvalue weighted by Crippen LogP contribution is -2.45. The fraction of sp³-hybridized carbons (Fsp3) is 0.733. The third kappa shape index (κ3) is 3.17. The molecule has 3 heteroatoms. The molecule has 102 valence electrons. The van der Waals surface area contributed by atoms with Crippen LogP contribution in [0.4, 0.5) is 0 Å². The fourth-order valence-corrected chi connectivity index (χ4v) is 4.97. The zero-order valence-corrected chi connectivity index (χ0v) is 13.9. The van der Waals surface area contributed by atoms with Crippen molar-refractivity contribution in [1.29, 1.82) is 0 Å². The van der Waals surface area contributed by atoms with Gasteiger partial charge in [-0.2, -0.15) is 0 Å². The van der Waals surface area contributed by atoms with Crippen molar-refractivity contribution in [3.8, 4) is 0 Å². The van der Waals surface area contributed by atoms with Gasteiger partial charge in [0.1, 0.15) is 0 Å². The van der Waals surface area contributed by atoms with Gasteiger partial charge < -0.3 is 5.32 Å². The van der Waals surface area contributed by atoms with E-state index in [1.54, 1.807) is 0 Å². The van der Waals surface area contributed by atoms with Crippen LogP contribution in [0.3, 0.4) is 0 Å². The Balaban J connectivity index is 2.11. The molecular weight excluding hydrogens is 306 g/mol. The van der Waals surface area contributed by atoms with Gasteiger partial charge in [-0.05, 0) is 65.7 Å². The lowest BCUT2D eigenvalue weighted by molar-refractivity contribution is 0.187. The summed E-state index contributed by atoms with van der Waals surface area (Å²) >= 11 is 5.46. The van der Waals surface area contributed by atoms with Crippen molar-refractivity contribution in [2.24, 2.45) is 5.41 Å². The van der Waals surface area contributed by atoms with Crippen molar-refractivity contribution in [2.75, 3.05) is 6.54 Å². The molecule has 0 radical (unpaired) electrons. The first-order valence-corrected chi connectivity index (χ1v) is 8.78. The van der Waals surface area contributed by atoms with Crippen molar-refractivity contribution >= 4 is 27.3 Å². The topological polar surface area (TPSA) is 12.0 Å². The van der Waals surface area contributed by atoms with Crippen LogP contribution < -0.4 is 5.32 Å². The summed E-state index contributed by atoms with van der Waals surface area (Å²) in [7, 11) is 0. The monoisotopic (exact) mass is 329 g/mol. The average Bonchev–Trinajstić information content (AvgIpc) is 2.98. The minimum absolute atomic E-state index is 0.548. The molecule has 18 heavy (non-hydrogen) atoms. The summed E-state index contributed by atoms with van der Waals surface area (Å²) in [5, 5.41) is 3.77. The number of likely N-dealkylation sites (N-methyl/N-ethyl adjacent to an activating group) is 1. The molecule has 1 N–H and O–H groups in total. The number of hydrogen-bond donors (Lipinski definition) is 1. The Labute approximate surface area is 123 Å². The van der Waals surface area contributed by atoms with E-state index in [1.807, 2.05) is 11.3 Å². The molecule has 1 heterocycles. The zero-order valence-electron chi connectivity index (χ0n) is 11.5. The Morgan fingerprint density at radius 1 is 1.33 bits per heavy atom. The Morgan fingerprint density at radius 2 is 2.06 bits per heavy atom. The first-order chi connectivity index (χ1) is 8.70. The summed E-state index contributed by atoms with van der Waals surface area (Å²) in [6.45, 7) is 5.69. The summed E-state index contributed by atoms with van der Waals surface area (Å²) in [6.07, 6.45) is 8.17. The second-order valence-corrected chi connectivity index (χ2v) is 7.99. The van der Waals surface area contributed by atoms with Crippen molar-refractivity contribution in [2.45, 2.75) is 58.4 Å². The van der Waals surface area contributed by atoms with E-state index >= 15 is 0 Å². The van der Waals surface area contributed by atoms with Crippen LogP contribution in [0.25, 0.3) is 0 Å². The van der Waals surface area contributed by atoms with Crippen molar-refractivity contribution < 1.29 is 0 Å². The number of rotatable bonds is 6. The maximum atomic E-state index is 3.77. The molecule has 1 atom stereocenters. The van der Waals surface area contributed by atoms with Gasteiger partial charge in [-0.15, -0.1) is 11.3 Å². The third-order valence-electron chi connectivity index (χ3n) is 4.53. The Bertz CT molecular complexity index is 368. The van der Waals surface area contributed by atoms with Crippen LogP contribution in [0.15, 0.2) is 15.9 Å². The van der Waals surface area contributed by atoms with Gasteiger partial charge in [0.15, 0.2) is 0 Å². The van der Waals surface area contributed by atoms with Gasteiger partial charge in [0.25, 0.3) is 0 Å². The number of hydrogen-bond acceptors (Lipinski definition) is 2. The molecule has 1 nitrogen and oxygen atoms in total. The minimum Gasteiger partial charge on any atom is -0.313 e. The second kappa shape index (κ2) is 6.53. The molecule has 1 aromatic rings. The van der Waals surface area contributed by atoms with Gasteiger partial charge in [-0.25, -0.2) is 0 Å². The zero-order chi connectivity index (χ0) is 13.0. The number of thiophene rings is 1. The highest BCUT2D eigenvalue weighted by Gasteiger charge is 2.39. The van der Waals surface area contributed by atoms with Crippen LogP contribution in [0, 0.1) is 5.41 Å². The van der Waals surface area contributed by atoms with E-state index < -0.39 is 0 Å². The lowest BCUT2D eigenvalue weighted by Gasteiger charge is -2.37. The number of nitrogens with one attached hydrogen (secondary N) is 1. The molecule has 1 aromatic heterocycles. The smallest absolute Gasteiger partial charge is 0.0701 e. The highest BCUT2D eigenvalue weighted by atomic mass is 79.9. The van der Waals surface area contributed by atoms with Crippen LogP contribution in [0.5, 0.6) is 0 Å². The molecule has 0 aromatic carbocycles. The molecule has 0 saturated heterocycles. The molecular formula is C15H24BrNS. The van der Waals surface area contributed by atoms with Gasteiger partial charge >= 0.3 is 0 Å². The molecule has 2 rings (SSSR count). The Morgan fingerprint density at radius 3 is 2.56 bits per heavy atom. The molecule has 0 bridgehead atoms. The van der Waals surface area contributed by atoms with Crippen molar-refractivity contribution in [3.63, 3.8) is 0 Å². The van der Waals surface area contributed by atoms with E-state index in [0.29, 0.717) is 11.5 Å². The summed E-state index contributed by atoms with van der Waals surface area (Å²) < 4.78 is 1.25. The van der Waals surface area contributed by atoms with Crippen LogP contribution in [-0.2, 0) is 6.42 Å². The van der Waals surface area contributed by atoms with E-state index in [1.165, 1.54) is 47.2 Å². The summed E-state index contributed by atoms with van der Waals surface area (Å²) in [4.78, 5) is 1.51. The quantitative estimate of drug-likeness (QED) is 0.774. The predicted octanol–water partition coefficient (Wildman–Crippen LogP) is 5.00. The summed E-state index contributed by atoms with van der Waals surface area (Å²) in [5.41, 5.74) is 0.548. The fourth-order valence-electron chi connectivity index (χ4n) is 3.44. The predicted molar refractivity (Wildman–Crippen MR) is 84.4 cm³/mol. The van der Waals surface area contributed by atoms with Gasteiger partial charge in [0.05, 0.1) is 3.79 Å². The van der Waals surface area contributed by atoms with E-state index in [0.717, 1.165) is 6.54 Å². The molecule has 1 aliphatic carbocycles. The molecule has 1 unspecified atom stereocenters. The molecule has 0 amide bonds. The Kier molecular flexibility index (Phi) is 5.28.